The number of sulfonamides is 1. The zero-order chi connectivity index (χ0) is 19.4. The Morgan fingerprint density at radius 2 is 1.96 bits per heavy atom. The Hall–Kier alpha value is -2.68. The number of halogens is 1. The Morgan fingerprint density at radius 1 is 1.22 bits per heavy atom. The molecule has 0 unspecified atom stereocenters. The molecule has 0 saturated heterocycles. The maximum atomic E-state index is 12.3. The van der Waals surface area contributed by atoms with Crippen molar-refractivity contribution in [2.75, 3.05) is 7.05 Å². The van der Waals surface area contributed by atoms with Gasteiger partial charge in [0.2, 0.25) is 10.0 Å². The van der Waals surface area contributed by atoms with Gasteiger partial charge in [0.15, 0.2) is 0 Å². The van der Waals surface area contributed by atoms with E-state index in [2.05, 4.69) is 9.82 Å². The fourth-order valence-electron chi connectivity index (χ4n) is 2.34. The molecule has 3 aromatic rings. The molecule has 140 valence electrons. The van der Waals surface area contributed by atoms with Crippen LogP contribution in [0.3, 0.4) is 0 Å². The van der Waals surface area contributed by atoms with Crippen molar-refractivity contribution in [3.8, 4) is 5.69 Å². The minimum atomic E-state index is -3.78. The zero-order valence-electron chi connectivity index (χ0n) is 14.3. The molecule has 0 aliphatic carbocycles. The van der Waals surface area contributed by atoms with Crippen molar-refractivity contribution in [2.45, 2.75) is 11.5 Å². The quantitative estimate of drug-likeness (QED) is 0.637. The van der Waals surface area contributed by atoms with E-state index in [0.717, 1.165) is 11.3 Å². The highest BCUT2D eigenvalue weighted by Gasteiger charge is 2.19. The number of esters is 1. The van der Waals surface area contributed by atoms with Crippen LogP contribution >= 0.6 is 11.6 Å². The summed E-state index contributed by atoms with van der Waals surface area (Å²) in [4.78, 5) is 12.1. The second-order valence-electron chi connectivity index (χ2n) is 5.55. The first-order valence-corrected chi connectivity index (χ1v) is 9.76. The number of carbonyl (C=O) groups is 1. The van der Waals surface area contributed by atoms with E-state index in [4.69, 9.17) is 16.3 Å². The summed E-state index contributed by atoms with van der Waals surface area (Å²) in [6, 6.07) is 13.1. The van der Waals surface area contributed by atoms with E-state index >= 15 is 0 Å². The molecule has 9 heteroatoms. The van der Waals surface area contributed by atoms with E-state index in [1.807, 2.05) is 36.5 Å². The Bertz CT molecular complexity index is 1050. The fraction of sp³-hybridized carbons (Fsp3) is 0.111. The van der Waals surface area contributed by atoms with Crippen LogP contribution in [0.5, 0.6) is 0 Å². The van der Waals surface area contributed by atoms with Gasteiger partial charge >= 0.3 is 5.97 Å². The zero-order valence-corrected chi connectivity index (χ0v) is 15.9. The largest absolute Gasteiger partial charge is 0.457 e. The van der Waals surface area contributed by atoms with E-state index in [9.17, 15) is 13.2 Å². The van der Waals surface area contributed by atoms with E-state index in [1.54, 1.807) is 10.9 Å². The molecule has 1 heterocycles. The number of hydrogen-bond acceptors (Lipinski definition) is 5. The van der Waals surface area contributed by atoms with Crippen LogP contribution in [0.4, 0.5) is 0 Å². The van der Waals surface area contributed by atoms with Crippen molar-refractivity contribution in [3.05, 3.63) is 77.1 Å². The normalized spacial score (nSPS) is 11.3. The molecule has 27 heavy (non-hydrogen) atoms. The molecule has 0 bridgehead atoms. The minimum absolute atomic E-state index is 0.0233. The van der Waals surface area contributed by atoms with Gasteiger partial charge in [0.05, 0.1) is 16.3 Å². The molecule has 0 amide bonds. The number of carbonyl (C=O) groups excluding carboxylic acids is 1. The van der Waals surface area contributed by atoms with Crippen molar-refractivity contribution in [3.63, 3.8) is 0 Å². The lowest BCUT2D eigenvalue weighted by Gasteiger charge is -2.09. The van der Waals surface area contributed by atoms with Gasteiger partial charge < -0.3 is 4.74 Å². The van der Waals surface area contributed by atoms with Crippen LogP contribution in [0.15, 0.2) is 65.8 Å². The predicted molar refractivity (Wildman–Crippen MR) is 100 cm³/mol. The van der Waals surface area contributed by atoms with Crippen LogP contribution in [-0.4, -0.2) is 31.2 Å². The molecule has 1 aromatic heterocycles. The highest BCUT2D eigenvalue weighted by Crippen LogP contribution is 2.23. The summed E-state index contributed by atoms with van der Waals surface area (Å²) >= 11 is 5.92. The lowest BCUT2D eigenvalue weighted by atomic mass is 10.2. The number of nitrogens with one attached hydrogen (secondary N) is 1. The number of benzene rings is 2. The SMILES string of the molecule is CNS(=O)(=O)c1cc(C(=O)OCc2ccc(-n3cccn3)cc2)ccc1Cl. The molecule has 0 saturated carbocycles. The first-order chi connectivity index (χ1) is 12.9. The highest BCUT2D eigenvalue weighted by atomic mass is 35.5. The van der Waals surface area contributed by atoms with Crippen molar-refractivity contribution in [2.24, 2.45) is 0 Å². The molecule has 0 aliphatic heterocycles. The third-order valence-electron chi connectivity index (χ3n) is 3.80. The van der Waals surface area contributed by atoms with Gasteiger partial charge in [-0.2, -0.15) is 5.10 Å². The van der Waals surface area contributed by atoms with Crippen molar-refractivity contribution >= 4 is 27.6 Å². The van der Waals surface area contributed by atoms with Gasteiger partial charge in [-0.15, -0.1) is 0 Å². The van der Waals surface area contributed by atoms with Crippen LogP contribution in [0.25, 0.3) is 5.69 Å². The molecule has 7 nitrogen and oxygen atoms in total. The maximum Gasteiger partial charge on any atom is 0.338 e. The van der Waals surface area contributed by atoms with Crippen molar-refractivity contribution in [1.82, 2.24) is 14.5 Å². The second-order valence-corrected chi connectivity index (χ2v) is 7.81. The maximum absolute atomic E-state index is 12.3. The molecule has 0 spiro atoms. The molecule has 3 rings (SSSR count). The van der Waals surface area contributed by atoms with Gasteiger partial charge in [-0.3, -0.25) is 0 Å². The van der Waals surface area contributed by atoms with Gasteiger partial charge in [0.25, 0.3) is 0 Å². The van der Waals surface area contributed by atoms with Crippen LogP contribution in [0.1, 0.15) is 15.9 Å². The number of nitrogens with zero attached hydrogens (tertiary/aromatic N) is 2. The average molecular weight is 406 g/mol. The number of rotatable bonds is 6. The number of hydrogen-bond donors (Lipinski definition) is 1. The third kappa shape index (κ3) is 4.36. The highest BCUT2D eigenvalue weighted by molar-refractivity contribution is 7.89. The molecule has 1 N–H and O–H groups in total. The van der Waals surface area contributed by atoms with Crippen molar-refractivity contribution in [1.29, 1.82) is 0 Å². The smallest absolute Gasteiger partial charge is 0.338 e. The van der Waals surface area contributed by atoms with Gasteiger partial charge in [-0.1, -0.05) is 23.7 Å². The van der Waals surface area contributed by atoms with E-state index in [0.29, 0.717) is 0 Å². The molecular weight excluding hydrogens is 390 g/mol. The second kappa shape index (κ2) is 7.91. The van der Waals surface area contributed by atoms with Gasteiger partial charge in [-0.05, 0) is 49.0 Å². The number of ether oxygens (including phenoxy) is 1. The minimum Gasteiger partial charge on any atom is -0.457 e. The van der Waals surface area contributed by atoms with Crippen molar-refractivity contribution < 1.29 is 17.9 Å². The molecular formula is C18H16ClN3O4S. The Morgan fingerprint density at radius 3 is 2.59 bits per heavy atom. The Balaban J connectivity index is 1.70. The van der Waals surface area contributed by atoms with E-state index in [1.165, 1.54) is 25.2 Å². The predicted octanol–water partition coefficient (Wildman–Crippen LogP) is 2.79. The summed E-state index contributed by atoms with van der Waals surface area (Å²) < 4.78 is 33.1. The summed E-state index contributed by atoms with van der Waals surface area (Å²) in [7, 11) is -2.51. The van der Waals surface area contributed by atoms with Crippen LogP contribution in [-0.2, 0) is 21.4 Å². The summed E-state index contributed by atoms with van der Waals surface area (Å²) in [6.45, 7) is 0.0506. The van der Waals surface area contributed by atoms with E-state index < -0.39 is 16.0 Å². The Kier molecular flexibility index (Phi) is 5.59. The standard InChI is InChI=1S/C18H16ClN3O4S/c1-20-27(24,25)17-11-14(5-8-16(17)19)18(23)26-12-13-3-6-15(7-4-13)22-10-2-9-21-22/h2-11,20H,12H2,1H3. The summed E-state index contributed by atoms with van der Waals surface area (Å²) in [5.74, 6) is -0.643. The van der Waals surface area contributed by atoms with Gasteiger partial charge in [0, 0.05) is 12.4 Å². The third-order valence-corrected chi connectivity index (χ3v) is 5.70. The summed E-state index contributed by atoms with van der Waals surface area (Å²) in [5.41, 5.74) is 1.77. The van der Waals surface area contributed by atoms with Crippen LogP contribution in [0.2, 0.25) is 5.02 Å². The first kappa shape index (κ1) is 19.1. The summed E-state index contributed by atoms with van der Waals surface area (Å²) in [5, 5.41) is 4.16. The lowest BCUT2D eigenvalue weighted by Crippen LogP contribution is -2.19. The van der Waals surface area contributed by atoms with Crippen LogP contribution < -0.4 is 4.72 Å². The molecule has 0 radical (unpaired) electrons. The van der Waals surface area contributed by atoms with E-state index in [-0.39, 0.29) is 22.1 Å². The number of aromatic nitrogens is 2. The van der Waals surface area contributed by atoms with Gasteiger partial charge in [-0.25, -0.2) is 22.6 Å². The van der Waals surface area contributed by atoms with Gasteiger partial charge in [0.1, 0.15) is 11.5 Å². The van der Waals surface area contributed by atoms with Crippen LogP contribution in [0, 0.1) is 0 Å². The molecule has 0 fully saturated rings. The summed E-state index contributed by atoms with van der Waals surface area (Å²) in [6.07, 6.45) is 3.51. The lowest BCUT2D eigenvalue weighted by molar-refractivity contribution is 0.0472. The molecule has 0 atom stereocenters. The monoisotopic (exact) mass is 405 g/mol. The topological polar surface area (TPSA) is 90.3 Å². The molecule has 0 aliphatic rings. The molecule has 2 aromatic carbocycles. The Labute approximate surface area is 161 Å². The first-order valence-electron chi connectivity index (χ1n) is 7.90. The average Bonchev–Trinajstić information content (AvgIpc) is 3.21. The fourth-order valence-corrected chi connectivity index (χ4v) is 3.59.